The number of sulfone groups is 1. The number of rotatable bonds is 7. The summed E-state index contributed by atoms with van der Waals surface area (Å²) in [6, 6.07) is 9.87. The van der Waals surface area contributed by atoms with Crippen LogP contribution in [0.5, 0.6) is 11.5 Å². The number of benzene rings is 1. The molecule has 0 bridgehead atoms. The predicted octanol–water partition coefficient (Wildman–Crippen LogP) is 4.84. The number of hydrogen-bond donors (Lipinski definition) is 0. The molecular formula is C24H17N5O4S2. The molecule has 9 nitrogen and oxygen atoms in total. The molecule has 0 saturated heterocycles. The normalized spacial score (nSPS) is 11.3. The Morgan fingerprint density at radius 1 is 1.14 bits per heavy atom. The van der Waals surface area contributed by atoms with Gasteiger partial charge < -0.3 is 9.15 Å². The Hall–Kier alpha value is -4.27. The molecule has 0 unspecified atom stereocenters. The Morgan fingerprint density at radius 3 is 2.71 bits per heavy atom. The van der Waals surface area contributed by atoms with Gasteiger partial charge >= 0.3 is 0 Å². The lowest BCUT2D eigenvalue weighted by Crippen LogP contribution is -2.05. The molecular weight excluding hydrogens is 486 g/mol. The van der Waals surface area contributed by atoms with Gasteiger partial charge in [-0.3, -0.25) is 9.67 Å². The molecule has 11 heteroatoms. The van der Waals surface area contributed by atoms with Crippen LogP contribution in [0.2, 0.25) is 0 Å². The van der Waals surface area contributed by atoms with Crippen LogP contribution in [-0.2, 0) is 22.6 Å². The van der Waals surface area contributed by atoms with Gasteiger partial charge in [-0.1, -0.05) is 0 Å². The second kappa shape index (κ2) is 9.17. The van der Waals surface area contributed by atoms with Gasteiger partial charge in [-0.25, -0.2) is 13.4 Å². The first-order valence-corrected chi connectivity index (χ1v) is 12.8. The largest absolute Gasteiger partial charge is 0.472 e. The summed E-state index contributed by atoms with van der Waals surface area (Å²) in [5.41, 5.74) is 3.05. The second-order valence-electron chi connectivity index (χ2n) is 7.54. The maximum atomic E-state index is 12.8. The number of nitrogens with zero attached hydrogens (tertiary/aromatic N) is 5. The summed E-state index contributed by atoms with van der Waals surface area (Å²) in [5.74, 6) is 0.357. The van der Waals surface area contributed by atoms with Crippen molar-refractivity contribution in [3.8, 4) is 40.0 Å². The molecule has 0 aliphatic carbocycles. The summed E-state index contributed by atoms with van der Waals surface area (Å²) in [7, 11) is -1.85. The number of ether oxygens (including phenoxy) is 1. The molecule has 4 heterocycles. The van der Waals surface area contributed by atoms with E-state index in [1.54, 1.807) is 47.2 Å². The van der Waals surface area contributed by atoms with Gasteiger partial charge in [0.1, 0.15) is 22.6 Å². The van der Waals surface area contributed by atoms with Crippen molar-refractivity contribution in [2.45, 2.75) is 10.6 Å². The van der Waals surface area contributed by atoms with Crippen molar-refractivity contribution in [2.24, 2.45) is 7.05 Å². The fourth-order valence-electron chi connectivity index (χ4n) is 3.45. The molecule has 0 radical (unpaired) electrons. The van der Waals surface area contributed by atoms with Gasteiger partial charge in [0.05, 0.1) is 41.1 Å². The van der Waals surface area contributed by atoms with Crippen LogP contribution in [0.3, 0.4) is 0 Å². The zero-order valence-corrected chi connectivity index (χ0v) is 20.0. The smallest absolute Gasteiger partial charge is 0.184 e. The third-order valence-electron chi connectivity index (χ3n) is 5.15. The van der Waals surface area contributed by atoms with Crippen LogP contribution >= 0.6 is 11.3 Å². The van der Waals surface area contributed by atoms with E-state index in [1.807, 2.05) is 25.4 Å². The monoisotopic (exact) mass is 503 g/mol. The lowest BCUT2D eigenvalue weighted by atomic mass is 10.1. The van der Waals surface area contributed by atoms with Crippen molar-refractivity contribution >= 4 is 21.2 Å². The average Bonchev–Trinajstić information content (AvgIpc) is 3.63. The highest BCUT2D eigenvalue weighted by Gasteiger charge is 2.20. The maximum Gasteiger partial charge on any atom is 0.184 e. The van der Waals surface area contributed by atoms with Crippen molar-refractivity contribution in [1.82, 2.24) is 19.7 Å². The predicted molar refractivity (Wildman–Crippen MR) is 128 cm³/mol. The fourth-order valence-corrected chi connectivity index (χ4v) is 5.72. The number of aryl methyl sites for hydroxylation is 1. The minimum Gasteiger partial charge on any atom is -0.472 e. The lowest BCUT2D eigenvalue weighted by molar-refractivity contribution is 0.480. The number of nitriles is 1. The molecule has 0 fully saturated rings. The van der Waals surface area contributed by atoms with Crippen molar-refractivity contribution in [3.63, 3.8) is 0 Å². The number of hydrogen-bond acceptors (Lipinski definition) is 9. The van der Waals surface area contributed by atoms with Crippen LogP contribution < -0.4 is 4.74 Å². The highest BCUT2D eigenvalue weighted by atomic mass is 32.2. The molecule has 0 N–H and O–H groups in total. The van der Waals surface area contributed by atoms with E-state index >= 15 is 0 Å². The SMILES string of the molecule is Cn1cc(-c2cc(-c3ccoc3)c(Oc3ccc(S(=O)(=O)Cc4nccs4)cc3C#N)cn2)cn1. The van der Waals surface area contributed by atoms with E-state index in [-0.39, 0.29) is 22.0 Å². The van der Waals surface area contributed by atoms with Crippen LogP contribution in [0.15, 0.2) is 82.3 Å². The minimum atomic E-state index is -3.67. The van der Waals surface area contributed by atoms with Gasteiger partial charge in [0.25, 0.3) is 0 Å². The first-order chi connectivity index (χ1) is 16.9. The van der Waals surface area contributed by atoms with Crippen LogP contribution in [0.25, 0.3) is 22.4 Å². The Bertz CT molecular complexity index is 1630. The molecule has 174 valence electrons. The van der Waals surface area contributed by atoms with Gasteiger partial charge in [0.2, 0.25) is 0 Å². The van der Waals surface area contributed by atoms with Gasteiger partial charge in [-0.05, 0) is 30.3 Å². The molecule has 0 atom stereocenters. The van der Waals surface area contributed by atoms with Crippen molar-refractivity contribution in [3.05, 3.63) is 83.6 Å². The molecule has 35 heavy (non-hydrogen) atoms. The molecule has 5 aromatic rings. The number of thiazole rings is 1. The molecule has 4 aromatic heterocycles. The average molecular weight is 504 g/mol. The summed E-state index contributed by atoms with van der Waals surface area (Å²) in [4.78, 5) is 8.55. The maximum absolute atomic E-state index is 12.8. The van der Waals surface area contributed by atoms with E-state index in [0.717, 1.165) is 11.1 Å². The summed E-state index contributed by atoms with van der Waals surface area (Å²) in [6.07, 6.45) is 9.79. The summed E-state index contributed by atoms with van der Waals surface area (Å²) in [5, 5.41) is 16.1. The van der Waals surface area contributed by atoms with Gasteiger partial charge in [0.15, 0.2) is 15.6 Å². The first kappa shape index (κ1) is 22.5. The summed E-state index contributed by atoms with van der Waals surface area (Å²) < 4.78 is 38.6. The van der Waals surface area contributed by atoms with E-state index in [1.165, 1.54) is 29.5 Å². The van der Waals surface area contributed by atoms with Gasteiger partial charge in [-0.15, -0.1) is 11.3 Å². The standard InChI is InChI=1S/C24H17N5O4S2/c1-29-13-18(11-28-29)21-9-20(16-4-6-32-14-16)23(12-27-21)33-22-3-2-19(8-17(22)10-25)35(30,31)15-24-26-5-7-34-24/h2-9,11-14H,15H2,1H3. The molecule has 5 rings (SSSR count). The molecule has 0 amide bonds. The van der Waals surface area contributed by atoms with Crippen molar-refractivity contribution < 1.29 is 17.6 Å². The second-order valence-corrected chi connectivity index (χ2v) is 10.5. The fraction of sp³-hybridized carbons (Fsp3) is 0.0833. The number of furan rings is 1. The number of aromatic nitrogens is 4. The van der Waals surface area contributed by atoms with E-state index in [2.05, 4.69) is 15.1 Å². The summed E-state index contributed by atoms with van der Waals surface area (Å²) >= 11 is 1.26. The van der Waals surface area contributed by atoms with Crippen molar-refractivity contribution in [2.75, 3.05) is 0 Å². The van der Waals surface area contributed by atoms with Crippen molar-refractivity contribution in [1.29, 1.82) is 5.26 Å². The van der Waals surface area contributed by atoms with Crippen LogP contribution in [0.4, 0.5) is 0 Å². The Balaban J connectivity index is 1.50. The Kier molecular flexibility index (Phi) is 5.90. The molecule has 0 aliphatic rings. The molecule has 1 aromatic carbocycles. The highest BCUT2D eigenvalue weighted by Crippen LogP contribution is 2.37. The van der Waals surface area contributed by atoms with Gasteiger partial charge in [-0.2, -0.15) is 10.4 Å². The molecule has 0 spiro atoms. The van der Waals surface area contributed by atoms with Crippen LogP contribution in [-0.4, -0.2) is 28.2 Å². The Labute approximate surface area is 204 Å². The minimum absolute atomic E-state index is 0.0247. The summed E-state index contributed by atoms with van der Waals surface area (Å²) in [6.45, 7) is 0. The quantitative estimate of drug-likeness (QED) is 0.309. The van der Waals surface area contributed by atoms with E-state index < -0.39 is 9.84 Å². The lowest BCUT2D eigenvalue weighted by Gasteiger charge is -2.13. The molecule has 0 aliphatic heterocycles. The third-order valence-corrected chi connectivity index (χ3v) is 7.74. The van der Waals surface area contributed by atoms with E-state index in [9.17, 15) is 13.7 Å². The van der Waals surface area contributed by atoms with E-state index in [4.69, 9.17) is 9.15 Å². The number of pyridine rings is 1. The third kappa shape index (κ3) is 4.70. The highest BCUT2D eigenvalue weighted by molar-refractivity contribution is 7.90. The zero-order chi connectivity index (χ0) is 24.4. The topological polar surface area (TPSA) is 124 Å². The Morgan fingerprint density at radius 2 is 2.03 bits per heavy atom. The van der Waals surface area contributed by atoms with Gasteiger partial charge in [0, 0.05) is 41.5 Å². The zero-order valence-electron chi connectivity index (χ0n) is 18.3. The van der Waals surface area contributed by atoms with E-state index in [0.29, 0.717) is 22.0 Å². The first-order valence-electron chi connectivity index (χ1n) is 10.3. The van der Waals surface area contributed by atoms with Crippen LogP contribution in [0.1, 0.15) is 10.6 Å². The molecule has 0 saturated carbocycles. The van der Waals surface area contributed by atoms with Crippen LogP contribution in [0, 0.1) is 11.3 Å².